The Labute approximate surface area is 136 Å². The number of aromatic nitrogens is 1. The third-order valence-corrected chi connectivity index (χ3v) is 4.73. The lowest BCUT2D eigenvalue weighted by atomic mass is 10.00. The maximum atomic E-state index is 12.8. The molecule has 0 fully saturated rings. The predicted octanol–water partition coefficient (Wildman–Crippen LogP) is 3.73. The number of rotatable bonds is 1. The molecular formula is C17H15BrN2O2. The standard InChI is InChI=1S/C17H15BrN2O2/c1-19-13-9-16(18)22-15(13)8-14(19)17(21)20-7-6-11-4-2-3-5-12(11)10-20/h2-5,8-9H,6-7,10H2,1H3. The predicted molar refractivity (Wildman–Crippen MR) is 87.8 cm³/mol. The minimum Gasteiger partial charge on any atom is -0.448 e. The summed E-state index contributed by atoms with van der Waals surface area (Å²) in [7, 11) is 1.90. The summed E-state index contributed by atoms with van der Waals surface area (Å²) in [6, 6.07) is 12.0. The second-order valence-corrected chi connectivity index (χ2v) is 6.42. The molecule has 3 aromatic rings. The van der Waals surface area contributed by atoms with Gasteiger partial charge in [0.05, 0.1) is 5.52 Å². The van der Waals surface area contributed by atoms with Crippen LogP contribution in [0.3, 0.4) is 0 Å². The van der Waals surface area contributed by atoms with Crippen molar-refractivity contribution in [1.29, 1.82) is 0 Å². The molecule has 2 aromatic heterocycles. The highest BCUT2D eigenvalue weighted by atomic mass is 79.9. The van der Waals surface area contributed by atoms with Gasteiger partial charge in [-0.2, -0.15) is 0 Å². The first-order valence-corrected chi connectivity index (χ1v) is 8.03. The van der Waals surface area contributed by atoms with Crippen molar-refractivity contribution in [2.24, 2.45) is 7.05 Å². The van der Waals surface area contributed by atoms with Crippen LogP contribution < -0.4 is 0 Å². The van der Waals surface area contributed by atoms with Crippen molar-refractivity contribution in [2.45, 2.75) is 13.0 Å². The zero-order valence-electron chi connectivity index (χ0n) is 12.2. The van der Waals surface area contributed by atoms with Gasteiger partial charge >= 0.3 is 0 Å². The Hall–Kier alpha value is -2.01. The number of hydrogen-bond donors (Lipinski definition) is 0. The molecule has 22 heavy (non-hydrogen) atoms. The minimum atomic E-state index is 0.0551. The van der Waals surface area contributed by atoms with Crippen LogP contribution in [0.4, 0.5) is 0 Å². The molecule has 0 N–H and O–H groups in total. The summed E-state index contributed by atoms with van der Waals surface area (Å²) in [5.74, 6) is 0.0551. The van der Waals surface area contributed by atoms with Crippen LogP contribution in [0.1, 0.15) is 21.6 Å². The number of benzene rings is 1. The fourth-order valence-corrected chi connectivity index (χ4v) is 3.51. The largest absolute Gasteiger partial charge is 0.448 e. The number of amides is 1. The van der Waals surface area contributed by atoms with Crippen LogP contribution >= 0.6 is 15.9 Å². The third-order valence-electron chi connectivity index (χ3n) is 4.34. The molecule has 0 radical (unpaired) electrons. The van der Waals surface area contributed by atoms with E-state index in [0.717, 1.165) is 24.1 Å². The number of hydrogen-bond acceptors (Lipinski definition) is 2. The third kappa shape index (κ3) is 2.08. The molecule has 5 heteroatoms. The number of carbonyl (C=O) groups excluding carboxylic acids is 1. The zero-order valence-corrected chi connectivity index (χ0v) is 13.8. The van der Waals surface area contributed by atoms with E-state index < -0.39 is 0 Å². The lowest BCUT2D eigenvalue weighted by Crippen LogP contribution is -2.36. The Morgan fingerprint density at radius 1 is 1.23 bits per heavy atom. The van der Waals surface area contributed by atoms with Gasteiger partial charge in [0.15, 0.2) is 10.3 Å². The first-order valence-electron chi connectivity index (χ1n) is 7.24. The number of aryl methyl sites for hydroxylation is 1. The fourth-order valence-electron chi connectivity index (χ4n) is 3.12. The Kier molecular flexibility index (Phi) is 3.11. The Morgan fingerprint density at radius 3 is 2.77 bits per heavy atom. The molecule has 1 amide bonds. The van der Waals surface area contributed by atoms with E-state index in [1.807, 2.05) is 34.7 Å². The molecule has 1 aliphatic rings. The maximum Gasteiger partial charge on any atom is 0.270 e. The first kappa shape index (κ1) is 13.6. The highest BCUT2D eigenvalue weighted by Gasteiger charge is 2.25. The van der Waals surface area contributed by atoms with E-state index >= 15 is 0 Å². The van der Waals surface area contributed by atoms with Gasteiger partial charge in [0.2, 0.25) is 0 Å². The topological polar surface area (TPSA) is 38.4 Å². The van der Waals surface area contributed by atoms with Gasteiger partial charge < -0.3 is 13.9 Å². The summed E-state index contributed by atoms with van der Waals surface area (Å²) in [5.41, 5.74) is 4.90. The first-order chi connectivity index (χ1) is 10.6. The van der Waals surface area contributed by atoms with E-state index in [9.17, 15) is 4.79 Å². The van der Waals surface area contributed by atoms with Crippen LogP contribution in [-0.4, -0.2) is 21.9 Å². The van der Waals surface area contributed by atoms with Crippen LogP contribution in [-0.2, 0) is 20.0 Å². The summed E-state index contributed by atoms with van der Waals surface area (Å²) in [6.07, 6.45) is 0.911. The molecule has 1 aromatic carbocycles. The van der Waals surface area contributed by atoms with Crippen molar-refractivity contribution in [3.63, 3.8) is 0 Å². The van der Waals surface area contributed by atoms with Crippen LogP contribution in [0.15, 0.2) is 45.5 Å². The van der Waals surface area contributed by atoms with Crippen molar-refractivity contribution in [2.75, 3.05) is 6.54 Å². The Morgan fingerprint density at radius 2 is 2.00 bits per heavy atom. The molecule has 0 bridgehead atoms. The molecule has 0 spiro atoms. The Bertz CT molecular complexity index is 878. The van der Waals surface area contributed by atoms with Crippen molar-refractivity contribution in [3.8, 4) is 0 Å². The average Bonchev–Trinajstić information content (AvgIpc) is 3.04. The van der Waals surface area contributed by atoms with Crippen LogP contribution in [0.25, 0.3) is 11.1 Å². The second-order valence-electron chi connectivity index (χ2n) is 5.63. The molecule has 0 atom stereocenters. The van der Waals surface area contributed by atoms with Gasteiger partial charge in [-0.25, -0.2) is 0 Å². The van der Waals surface area contributed by atoms with E-state index in [1.54, 1.807) is 0 Å². The van der Waals surface area contributed by atoms with Gasteiger partial charge in [0.25, 0.3) is 5.91 Å². The van der Waals surface area contributed by atoms with Gasteiger partial charge in [0, 0.05) is 32.3 Å². The van der Waals surface area contributed by atoms with E-state index in [4.69, 9.17) is 4.42 Å². The van der Waals surface area contributed by atoms with Gasteiger partial charge in [-0.15, -0.1) is 0 Å². The minimum absolute atomic E-state index is 0.0551. The summed E-state index contributed by atoms with van der Waals surface area (Å²) in [6.45, 7) is 1.43. The molecule has 0 unspecified atom stereocenters. The van der Waals surface area contributed by atoms with E-state index in [0.29, 0.717) is 16.9 Å². The lowest BCUT2D eigenvalue weighted by molar-refractivity contribution is 0.0725. The molecule has 112 valence electrons. The molecule has 3 heterocycles. The maximum absolute atomic E-state index is 12.8. The zero-order chi connectivity index (χ0) is 15.3. The molecule has 0 saturated heterocycles. The number of nitrogens with zero attached hydrogens (tertiary/aromatic N) is 2. The smallest absolute Gasteiger partial charge is 0.270 e. The summed E-state index contributed by atoms with van der Waals surface area (Å²) in [5, 5.41) is 0. The van der Waals surface area contributed by atoms with Crippen molar-refractivity contribution in [3.05, 3.63) is 57.9 Å². The summed E-state index contributed by atoms with van der Waals surface area (Å²) >= 11 is 3.32. The number of carbonyl (C=O) groups is 1. The molecule has 4 rings (SSSR count). The monoisotopic (exact) mass is 358 g/mol. The van der Waals surface area contributed by atoms with Crippen LogP contribution in [0, 0.1) is 0 Å². The molecule has 0 saturated carbocycles. The van der Waals surface area contributed by atoms with E-state index in [-0.39, 0.29) is 5.91 Å². The molecular weight excluding hydrogens is 344 g/mol. The highest BCUT2D eigenvalue weighted by molar-refractivity contribution is 9.10. The normalized spacial score (nSPS) is 14.4. The summed E-state index contributed by atoms with van der Waals surface area (Å²) in [4.78, 5) is 14.7. The van der Waals surface area contributed by atoms with E-state index in [1.165, 1.54) is 11.1 Å². The number of fused-ring (bicyclic) bond motifs is 2. The Balaban J connectivity index is 1.66. The second kappa shape index (κ2) is 5.02. The van der Waals surface area contributed by atoms with Crippen LogP contribution in [0.5, 0.6) is 0 Å². The number of furan rings is 1. The van der Waals surface area contributed by atoms with Gasteiger partial charge in [0.1, 0.15) is 5.69 Å². The molecule has 0 aliphatic carbocycles. The van der Waals surface area contributed by atoms with Crippen molar-refractivity contribution >= 4 is 32.9 Å². The highest BCUT2D eigenvalue weighted by Crippen LogP contribution is 2.28. The lowest BCUT2D eigenvalue weighted by Gasteiger charge is -2.29. The SMILES string of the molecule is Cn1c(C(=O)N2CCc3ccccc3C2)cc2oc(Br)cc21. The quantitative estimate of drug-likeness (QED) is 0.664. The molecule has 1 aliphatic heterocycles. The fraction of sp³-hybridized carbons (Fsp3) is 0.235. The van der Waals surface area contributed by atoms with Gasteiger partial charge in [-0.05, 0) is 33.5 Å². The van der Waals surface area contributed by atoms with E-state index in [2.05, 4.69) is 34.1 Å². The van der Waals surface area contributed by atoms with Crippen molar-refractivity contribution in [1.82, 2.24) is 9.47 Å². The average molecular weight is 359 g/mol. The van der Waals surface area contributed by atoms with Crippen LogP contribution in [0.2, 0.25) is 0 Å². The van der Waals surface area contributed by atoms with Crippen molar-refractivity contribution < 1.29 is 9.21 Å². The van der Waals surface area contributed by atoms with Gasteiger partial charge in [-0.1, -0.05) is 24.3 Å². The van der Waals surface area contributed by atoms with Gasteiger partial charge in [-0.3, -0.25) is 4.79 Å². The molecule has 4 nitrogen and oxygen atoms in total. The summed E-state index contributed by atoms with van der Waals surface area (Å²) < 4.78 is 8.12. The number of halogens is 1.